The lowest BCUT2D eigenvalue weighted by atomic mass is 9.78. The van der Waals surface area contributed by atoms with E-state index in [9.17, 15) is 9.59 Å². The molecule has 1 aliphatic heterocycles. The van der Waals surface area contributed by atoms with Gasteiger partial charge in [0.1, 0.15) is 5.78 Å². The summed E-state index contributed by atoms with van der Waals surface area (Å²) in [5.41, 5.74) is 0. The summed E-state index contributed by atoms with van der Waals surface area (Å²) in [6, 6.07) is 0.362. The zero-order chi connectivity index (χ0) is 10.1. The third-order valence-electron chi connectivity index (χ3n) is 3.51. The molecule has 3 atom stereocenters. The molecule has 2 aliphatic rings. The Hall–Kier alpha value is -0.860. The van der Waals surface area contributed by atoms with Gasteiger partial charge < -0.3 is 10.1 Å². The molecule has 1 aliphatic carbocycles. The van der Waals surface area contributed by atoms with Crippen LogP contribution >= 0.6 is 0 Å². The molecule has 0 radical (unpaired) electrons. The summed E-state index contributed by atoms with van der Waals surface area (Å²) >= 11 is 0. The van der Waals surface area contributed by atoms with Crippen molar-refractivity contribution in [3.63, 3.8) is 0 Å². The van der Waals surface area contributed by atoms with E-state index in [1.165, 1.54) is 12.8 Å². The van der Waals surface area contributed by atoms with Gasteiger partial charge in [0.15, 0.2) is 0 Å². The van der Waals surface area contributed by atoms with Crippen molar-refractivity contribution in [3.05, 3.63) is 0 Å². The van der Waals surface area contributed by atoms with Gasteiger partial charge in [-0.1, -0.05) is 12.8 Å². The molecule has 3 heteroatoms. The maximum absolute atomic E-state index is 11.6. The number of hydrogen-bond donors (Lipinski definition) is 1. The molecule has 0 spiro atoms. The van der Waals surface area contributed by atoms with Gasteiger partial charge in [0, 0.05) is 18.4 Å². The maximum Gasteiger partial charge on any atom is 0.224 e. The Kier molecular flexibility index (Phi) is 2.57. The predicted molar refractivity (Wildman–Crippen MR) is 52.7 cm³/mol. The van der Waals surface area contributed by atoms with Crippen LogP contribution in [0.2, 0.25) is 0 Å². The van der Waals surface area contributed by atoms with Gasteiger partial charge in [0.05, 0.1) is 0 Å². The first-order chi connectivity index (χ1) is 6.68. The minimum absolute atomic E-state index is 0.0298. The highest BCUT2D eigenvalue weighted by Crippen LogP contribution is 2.36. The van der Waals surface area contributed by atoms with Crippen LogP contribution in [0.1, 0.15) is 39.0 Å². The lowest BCUT2D eigenvalue weighted by Gasteiger charge is -2.26. The summed E-state index contributed by atoms with van der Waals surface area (Å²) in [6.07, 6.45) is 5.08. The molecule has 1 saturated heterocycles. The van der Waals surface area contributed by atoms with Crippen LogP contribution < -0.4 is 5.32 Å². The van der Waals surface area contributed by atoms with Crippen molar-refractivity contribution < 1.29 is 9.59 Å². The monoisotopic (exact) mass is 195 g/mol. The largest absolute Gasteiger partial charge is 0.353 e. The molecule has 1 saturated carbocycles. The number of ketones is 1. The van der Waals surface area contributed by atoms with Crippen LogP contribution in [0.25, 0.3) is 0 Å². The maximum atomic E-state index is 11.6. The Balaban J connectivity index is 2.07. The first kappa shape index (κ1) is 9.69. The fraction of sp³-hybridized carbons (Fsp3) is 0.818. The van der Waals surface area contributed by atoms with Crippen LogP contribution in [-0.2, 0) is 9.59 Å². The van der Waals surface area contributed by atoms with E-state index in [-0.39, 0.29) is 17.6 Å². The number of nitrogens with one attached hydrogen (secondary N) is 1. The van der Waals surface area contributed by atoms with Crippen LogP contribution in [0.15, 0.2) is 0 Å². The van der Waals surface area contributed by atoms with Crippen molar-refractivity contribution in [3.8, 4) is 0 Å². The normalized spacial score (nSPS) is 36.4. The third-order valence-corrected chi connectivity index (χ3v) is 3.51. The smallest absolute Gasteiger partial charge is 0.224 e. The fourth-order valence-electron chi connectivity index (χ4n) is 2.86. The lowest BCUT2D eigenvalue weighted by Crippen LogP contribution is -2.31. The van der Waals surface area contributed by atoms with Crippen molar-refractivity contribution in [2.45, 2.75) is 45.1 Å². The molecule has 3 nitrogen and oxygen atoms in total. The van der Waals surface area contributed by atoms with Gasteiger partial charge >= 0.3 is 0 Å². The quantitative estimate of drug-likeness (QED) is 0.721. The zero-order valence-electron chi connectivity index (χ0n) is 8.58. The summed E-state index contributed by atoms with van der Waals surface area (Å²) in [5.74, 6) is 0.645. The minimum atomic E-state index is -0.0298. The molecule has 0 bridgehead atoms. The van der Waals surface area contributed by atoms with E-state index in [0.717, 1.165) is 12.8 Å². The summed E-state index contributed by atoms with van der Waals surface area (Å²) in [7, 11) is 0. The van der Waals surface area contributed by atoms with E-state index in [0.29, 0.717) is 18.4 Å². The SMILES string of the molecule is CC(=O)CC1C(=O)NC2CCCCC21. The molecule has 1 amide bonds. The average molecular weight is 195 g/mol. The second-order valence-electron chi connectivity index (χ2n) is 4.58. The first-order valence-electron chi connectivity index (χ1n) is 5.48. The summed E-state index contributed by atoms with van der Waals surface area (Å²) < 4.78 is 0. The number of hydrogen-bond acceptors (Lipinski definition) is 2. The number of fused-ring (bicyclic) bond motifs is 1. The molecule has 0 aromatic heterocycles. The predicted octanol–water partition coefficient (Wildman–Crippen LogP) is 1.27. The summed E-state index contributed by atoms with van der Waals surface area (Å²) in [4.78, 5) is 22.7. The third kappa shape index (κ3) is 1.68. The minimum Gasteiger partial charge on any atom is -0.353 e. The van der Waals surface area contributed by atoms with E-state index >= 15 is 0 Å². The van der Waals surface area contributed by atoms with Crippen LogP contribution in [0, 0.1) is 11.8 Å². The molecular formula is C11H17NO2. The van der Waals surface area contributed by atoms with E-state index in [1.807, 2.05) is 0 Å². The van der Waals surface area contributed by atoms with Gasteiger partial charge in [0.2, 0.25) is 5.91 Å². The van der Waals surface area contributed by atoms with Gasteiger partial charge in [0.25, 0.3) is 0 Å². The molecule has 1 heterocycles. The fourth-order valence-corrected chi connectivity index (χ4v) is 2.86. The number of amides is 1. The average Bonchev–Trinajstić information content (AvgIpc) is 2.43. The Morgan fingerprint density at radius 2 is 2.14 bits per heavy atom. The van der Waals surface area contributed by atoms with Crippen molar-refractivity contribution in [2.24, 2.45) is 11.8 Å². The molecule has 0 aromatic carbocycles. The van der Waals surface area contributed by atoms with Crippen LogP contribution in [0.5, 0.6) is 0 Å². The lowest BCUT2D eigenvalue weighted by molar-refractivity contribution is -0.127. The standard InChI is InChI=1S/C11H17NO2/c1-7(13)6-9-8-4-2-3-5-10(8)12-11(9)14/h8-10H,2-6H2,1H3,(H,12,14). The van der Waals surface area contributed by atoms with Gasteiger partial charge in [-0.15, -0.1) is 0 Å². The second kappa shape index (κ2) is 3.71. The molecule has 1 N–H and O–H groups in total. The van der Waals surface area contributed by atoms with Crippen molar-refractivity contribution >= 4 is 11.7 Å². The van der Waals surface area contributed by atoms with Gasteiger partial charge in [-0.2, -0.15) is 0 Å². The van der Waals surface area contributed by atoms with Gasteiger partial charge in [-0.3, -0.25) is 4.79 Å². The van der Waals surface area contributed by atoms with Crippen LogP contribution in [-0.4, -0.2) is 17.7 Å². The highest BCUT2D eigenvalue weighted by molar-refractivity contribution is 5.87. The molecule has 2 fully saturated rings. The van der Waals surface area contributed by atoms with E-state index in [1.54, 1.807) is 6.92 Å². The van der Waals surface area contributed by atoms with E-state index < -0.39 is 0 Å². The van der Waals surface area contributed by atoms with Crippen molar-refractivity contribution in [1.82, 2.24) is 5.32 Å². The van der Waals surface area contributed by atoms with E-state index in [4.69, 9.17) is 0 Å². The molecule has 2 rings (SSSR count). The number of rotatable bonds is 2. The molecule has 3 unspecified atom stereocenters. The second-order valence-corrected chi connectivity index (χ2v) is 4.58. The van der Waals surface area contributed by atoms with Crippen LogP contribution in [0.4, 0.5) is 0 Å². The molecule has 0 aromatic rings. The first-order valence-corrected chi connectivity index (χ1v) is 5.48. The number of carbonyl (C=O) groups is 2. The highest BCUT2D eigenvalue weighted by Gasteiger charge is 2.43. The molecule has 14 heavy (non-hydrogen) atoms. The summed E-state index contributed by atoms with van der Waals surface area (Å²) in [6.45, 7) is 1.57. The summed E-state index contributed by atoms with van der Waals surface area (Å²) in [5, 5.41) is 3.02. The van der Waals surface area contributed by atoms with Gasteiger partial charge in [-0.05, 0) is 25.7 Å². The van der Waals surface area contributed by atoms with Gasteiger partial charge in [-0.25, -0.2) is 0 Å². The topological polar surface area (TPSA) is 46.2 Å². The Morgan fingerprint density at radius 3 is 2.86 bits per heavy atom. The van der Waals surface area contributed by atoms with Crippen molar-refractivity contribution in [1.29, 1.82) is 0 Å². The highest BCUT2D eigenvalue weighted by atomic mass is 16.2. The van der Waals surface area contributed by atoms with Crippen molar-refractivity contribution in [2.75, 3.05) is 0 Å². The molecule has 78 valence electrons. The number of carbonyl (C=O) groups excluding carboxylic acids is 2. The Labute approximate surface area is 84.2 Å². The number of Topliss-reactive ketones (excluding diaryl/α,β-unsaturated/α-hetero) is 1. The zero-order valence-corrected chi connectivity index (χ0v) is 8.58. The van der Waals surface area contributed by atoms with E-state index in [2.05, 4.69) is 5.32 Å². The van der Waals surface area contributed by atoms with Crippen LogP contribution in [0.3, 0.4) is 0 Å². The Morgan fingerprint density at radius 1 is 1.43 bits per heavy atom. The molecular weight excluding hydrogens is 178 g/mol. The Bertz CT molecular complexity index is 262.